The highest BCUT2D eigenvalue weighted by Gasteiger charge is 2.26. The van der Waals surface area contributed by atoms with Gasteiger partial charge in [-0.3, -0.25) is 0 Å². The Morgan fingerprint density at radius 3 is 2.65 bits per heavy atom. The van der Waals surface area contributed by atoms with Crippen LogP contribution in [-0.2, 0) is 6.42 Å². The number of likely N-dealkylation sites (N-methyl/N-ethyl adjacent to an activating group) is 1. The van der Waals surface area contributed by atoms with Gasteiger partial charge in [-0.15, -0.1) is 0 Å². The number of hydrogen-bond donors (Lipinski definition) is 1. The van der Waals surface area contributed by atoms with E-state index >= 15 is 0 Å². The number of halogens is 3. The molecule has 0 aliphatic heterocycles. The van der Waals surface area contributed by atoms with Crippen LogP contribution in [0.1, 0.15) is 31.7 Å². The van der Waals surface area contributed by atoms with Crippen molar-refractivity contribution in [1.82, 2.24) is 5.32 Å². The molecule has 1 atom stereocenters. The molecule has 1 aromatic carbocycles. The molecule has 0 spiro atoms. The number of methoxy groups -OCH3 is 1. The van der Waals surface area contributed by atoms with Gasteiger partial charge in [-0.05, 0) is 43.5 Å². The lowest BCUT2D eigenvalue weighted by molar-refractivity contribution is -0.135. The van der Waals surface area contributed by atoms with Crippen molar-refractivity contribution in [3.63, 3.8) is 0 Å². The Kier molecular flexibility index (Phi) is 6.85. The van der Waals surface area contributed by atoms with Crippen LogP contribution < -0.4 is 10.1 Å². The SMILES string of the molecule is CCNC(CCCC(F)(F)F)Cc1cccc(OC)c1. The van der Waals surface area contributed by atoms with Gasteiger partial charge in [0.1, 0.15) is 5.75 Å². The zero-order valence-electron chi connectivity index (χ0n) is 12.0. The average molecular weight is 289 g/mol. The Bertz CT molecular complexity index is 393. The molecule has 1 N–H and O–H groups in total. The van der Waals surface area contributed by atoms with Gasteiger partial charge in [-0.25, -0.2) is 0 Å². The summed E-state index contributed by atoms with van der Waals surface area (Å²) < 4.78 is 41.7. The second-order valence-corrected chi connectivity index (χ2v) is 4.82. The van der Waals surface area contributed by atoms with Crippen molar-refractivity contribution in [1.29, 1.82) is 0 Å². The lowest BCUT2D eigenvalue weighted by atomic mass is 10.0. The highest BCUT2D eigenvalue weighted by molar-refractivity contribution is 5.28. The van der Waals surface area contributed by atoms with Crippen LogP contribution >= 0.6 is 0 Å². The minimum Gasteiger partial charge on any atom is -0.497 e. The van der Waals surface area contributed by atoms with E-state index in [1.807, 2.05) is 31.2 Å². The van der Waals surface area contributed by atoms with E-state index in [1.54, 1.807) is 7.11 Å². The molecule has 20 heavy (non-hydrogen) atoms. The minimum absolute atomic E-state index is 0.0643. The summed E-state index contributed by atoms with van der Waals surface area (Å²) in [6, 6.07) is 7.71. The third-order valence-corrected chi connectivity index (χ3v) is 3.12. The van der Waals surface area contributed by atoms with Crippen LogP contribution in [0.25, 0.3) is 0 Å². The molecule has 0 amide bonds. The predicted molar refractivity (Wildman–Crippen MR) is 74.1 cm³/mol. The Morgan fingerprint density at radius 2 is 2.05 bits per heavy atom. The van der Waals surface area contributed by atoms with Crippen LogP contribution in [0.3, 0.4) is 0 Å². The van der Waals surface area contributed by atoms with E-state index < -0.39 is 12.6 Å². The summed E-state index contributed by atoms with van der Waals surface area (Å²) >= 11 is 0. The van der Waals surface area contributed by atoms with E-state index in [2.05, 4.69) is 5.32 Å². The van der Waals surface area contributed by atoms with E-state index in [1.165, 1.54) is 0 Å². The first-order valence-corrected chi connectivity index (χ1v) is 6.87. The molecular formula is C15H22F3NO. The Balaban J connectivity index is 2.53. The van der Waals surface area contributed by atoms with Gasteiger partial charge < -0.3 is 10.1 Å². The normalized spacial score (nSPS) is 13.2. The minimum atomic E-state index is -4.06. The topological polar surface area (TPSA) is 21.3 Å². The van der Waals surface area contributed by atoms with E-state index in [4.69, 9.17) is 4.74 Å². The second-order valence-electron chi connectivity index (χ2n) is 4.82. The van der Waals surface area contributed by atoms with Crippen LogP contribution in [0.4, 0.5) is 13.2 Å². The third kappa shape index (κ3) is 6.80. The van der Waals surface area contributed by atoms with Crippen molar-refractivity contribution in [2.24, 2.45) is 0 Å². The molecule has 114 valence electrons. The molecule has 1 rings (SSSR count). The van der Waals surface area contributed by atoms with Crippen LogP contribution in [0, 0.1) is 0 Å². The first-order chi connectivity index (χ1) is 9.44. The molecule has 1 aromatic rings. The monoisotopic (exact) mass is 289 g/mol. The summed E-state index contributed by atoms with van der Waals surface area (Å²) in [7, 11) is 1.60. The lowest BCUT2D eigenvalue weighted by Gasteiger charge is -2.18. The third-order valence-electron chi connectivity index (χ3n) is 3.12. The first-order valence-electron chi connectivity index (χ1n) is 6.87. The molecule has 0 heterocycles. The molecular weight excluding hydrogens is 267 g/mol. The fraction of sp³-hybridized carbons (Fsp3) is 0.600. The van der Waals surface area contributed by atoms with Crippen LogP contribution in [0.2, 0.25) is 0 Å². The molecule has 0 saturated heterocycles. The summed E-state index contributed by atoms with van der Waals surface area (Å²) in [5.74, 6) is 0.771. The number of hydrogen-bond acceptors (Lipinski definition) is 2. The molecule has 0 radical (unpaired) electrons. The summed E-state index contributed by atoms with van der Waals surface area (Å²) in [6.45, 7) is 2.71. The number of rotatable bonds is 8. The summed E-state index contributed by atoms with van der Waals surface area (Å²) in [5.41, 5.74) is 1.07. The standard InChI is InChI=1S/C15H22F3NO/c1-3-19-13(7-5-9-15(16,17)18)10-12-6-4-8-14(11-12)20-2/h4,6,8,11,13,19H,3,5,7,9-10H2,1-2H3. The highest BCUT2D eigenvalue weighted by Crippen LogP contribution is 2.23. The zero-order valence-corrected chi connectivity index (χ0v) is 12.0. The highest BCUT2D eigenvalue weighted by atomic mass is 19.4. The number of alkyl halides is 3. The summed E-state index contributed by atoms with van der Waals surface area (Å²) in [5, 5.41) is 3.25. The number of benzene rings is 1. The van der Waals surface area contributed by atoms with E-state index in [9.17, 15) is 13.2 Å². The van der Waals surface area contributed by atoms with Gasteiger partial charge in [0.25, 0.3) is 0 Å². The quantitative estimate of drug-likeness (QED) is 0.782. The number of ether oxygens (including phenoxy) is 1. The predicted octanol–water partition coefficient (Wildman–Crippen LogP) is 3.95. The fourth-order valence-corrected chi connectivity index (χ4v) is 2.20. The second kappa shape index (κ2) is 8.15. The van der Waals surface area contributed by atoms with E-state index in [0.717, 1.165) is 17.9 Å². The van der Waals surface area contributed by atoms with Gasteiger partial charge in [-0.2, -0.15) is 13.2 Å². The smallest absolute Gasteiger partial charge is 0.389 e. The van der Waals surface area contributed by atoms with E-state index in [-0.39, 0.29) is 12.5 Å². The maximum Gasteiger partial charge on any atom is 0.389 e. The van der Waals surface area contributed by atoms with Gasteiger partial charge in [0.05, 0.1) is 7.11 Å². The molecule has 1 unspecified atom stereocenters. The van der Waals surface area contributed by atoms with E-state index in [0.29, 0.717) is 12.8 Å². The Morgan fingerprint density at radius 1 is 1.30 bits per heavy atom. The van der Waals surface area contributed by atoms with Crippen molar-refractivity contribution in [2.45, 2.75) is 44.8 Å². The molecule has 2 nitrogen and oxygen atoms in total. The largest absolute Gasteiger partial charge is 0.497 e. The molecule has 0 aliphatic carbocycles. The van der Waals surface area contributed by atoms with Gasteiger partial charge in [0, 0.05) is 12.5 Å². The fourth-order valence-electron chi connectivity index (χ4n) is 2.20. The van der Waals surface area contributed by atoms with Crippen LogP contribution in [-0.4, -0.2) is 25.9 Å². The van der Waals surface area contributed by atoms with Crippen molar-refractivity contribution in [3.8, 4) is 5.75 Å². The molecule has 5 heteroatoms. The molecule has 0 fully saturated rings. The van der Waals surface area contributed by atoms with Crippen molar-refractivity contribution in [2.75, 3.05) is 13.7 Å². The lowest BCUT2D eigenvalue weighted by Crippen LogP contribution is -2.31. The van der Waals surface area contributed by atoms with Gasteiger partial charge in [0.2, 0.25) is 0 Å². The van der Waals surface area contributed by atoms with Crippen LogP contribution in [0.5, 0.6) is 5.75 Å². The summed E-state index contributed by atoms with van der Waals surface area (Å²) in [4.78, 5) is 0. The van der Waals surface area contributed by atoms with Crippen molar-refractivity contribution in [3.05, 3.63) is 29.8 Å². The maximum atomic E-state index is 12.2. The van der Waals surface area contributed by atoms with Gasteiger partial charge in [-0.1, -0.05) is 19.1 Å². The Hall–Kier alpha value is -1.23. The molecule has 0 aromatic heterocycles. The molecule has 0 aliphatic rings. The summed E-state index contributed by atoms with van der Waals surface area (Å²) in [6.07, 6.45) is -3.39. The maximum absolute atomic E-state index is 12.2. The van der Waals surface area contributed by atoms with Crippen LogP contribution in [0.15, 0.2) is 24.3 Å². The first kappa shape index (κ1) is 16.8. The Labute approximate surface area is 118 Å². The zero-order chi connectivity index (χ0) is 15.0. The van der Waals surface area contributed by atoms with Gasteiger partial charge >= 0.3 is 6.18 Å². The molecule has 0 saturated carbocycles. The van der Waals surface area contributed by atoms with Crippen molar-refractivity contribution < 1.29 is 17.9 Å². The van der Waals surface area contributed by atoms with Crippen molar-refractivity contribution >= 4 is 0 Å². The molecule has 0 bridgehead atoms. The number of nitrogens with one attached hydrogen (secondary N) is 1. The van der Waals surface area contributed by atoms with Gasteiger partial charge in [0.15, 0.2) is 0 Å². The average Bonchev–Trinajstić information content (AvgIpc) is 2.37.